The summed E-state index contributed by atoms with van der Waals surface area (Å²) >= 11 is 4.25. The van der Waals surface area contributed by atoms with Crippen LogP contribution in [0, 0.1) is 12.0 Å². The Bertz CT molecular complexity index is 279. The fraction of sp³-hybridized carbons (Fsp3) is 0.538. The fourth-order valence-electron chi connectivity index (χ4n) is 2.20. The van der Waals surface area contributed by atoms with Gasteiger partial charge < -0.3 is 4.90 Å². The molecule has 0 aromatic heterocycles. The van der Waals surface area contributed by atoms with Crippen LogP contribution in [0.25, 0.3) is 0 Å². The third-order valence-electron chi connectivity index (χ3n) is 2.91. The predicted octanol–water partition coefficient (Wildman–Crippen LogP) is 3.56. The average molecular weight is 334 g/mol. The first kappa shape index (κ1) is 14.3. The number of hydrogen-bond acceptors (Lipinski definition) is 1. The average Bonchev–Trinajstić information content (AvgIpc) is 2.33. The van der Waals surface area contributed by atoms with Crippen LogP contribution >= 0.6 is 13.6 Å². The topological polar surface area (TPSA) is 3.24 Å². The van der Waals surface area contributed by atoms with Crippen molar-refractivity contribution < 1.29 is 16.3 Å². The second-order valence-electron chi connectivity index (χ2n) is 4.37. The Morgan fingerprint density at radius 2 is 2.31 bits per heavy atom. The van der Waals surface area contributed by atoms with Crippen molar-refractivity contribution in [3.63, 3.8) is 0 Å². The van der Waals surface area contributed by atoms with E-state index >= 15 is 0 Å². The number of hydrogen-bond donors (Lipinski definition) is 0. The second-order valence-corrected chi connectivity index (χ2v) is 4.37. The van der Waals surface area contributed by atoms with Gasteiger partial charge in [-0.1, -0.05) is 6.92 Å². The first-order chi connectivity index (χ1) is 7.84. The molecule has 2 rings (SSSR count). The van der Waals surface area contributed by atoms with E-state index in [-0.39, 0.29) is 0 Å². The van der Waals surface area contributed by atoms with Crippen LogP contribution in [0.5, 0.6) is 0 Å². The molecule has 1 aliphatic heterocycles. The van der Waals surface area contributed by atoms with Gasteiger partial charge in [0.25, 0.3) is 0 Å². The zero-order chi connectivity index (χ0) is 11.8. The Morgan fingerprint density at radius 3 is 2.94 bits per heavy atom. The minimum absolute atomic E-state index is 0.868. The number of rotatable bonds is 2. The molecule has 1 atom stereocenters. The molecule has 1 fully saturated rings. The molecule has 0 saturated carbocycles. The van der Waals surface area contributed by atoms with E-state index in [9.17, 15) is 0 Å². The van der Waals surface area contributed by atoms with Gasteiger partial charge in [0.2, 0.25) is 0 Å². The maximum absolute atomic E-state index is 3.29. The number of piperidine rings is 1. The van der Waals surface area contributed by atoms with E-state index in [1.165, 1.54) is 47.8 Å². The Kier molecular flexibility index (Phi) is 7.52. The van der Waals surface area contributed by atoms with Crippen LogP contribution < -0.4 is 0 Å². The van der Waals surface area contributed by atoms with Crippen molar-refractivity contribution in [2.75, 3.05) is 13.1 Å². The van der Waals surface area contributed by atoms with Crippen molar-refractivity contribution >= 4 is 13.6 Å². The maximum atomic E-state index is 3.29. The Balaban J connectivity index is 0.000000606. The first-order valence-corrected chi connectivity index (χ1v) is 12.7. The molecule has 0 spiro atoms. The molecule has 1 unspecified atom stereocenters. The molecule has 84 valence electrons. The summed E-state index contributed by atoms with van der Waals surface area (Å²) in [7, 11) is 0. The zero-order valence-electron chi connectivity index (χ0n) is 9.95. The third-order valence-corrected chi connectivity index (χ3v) is 2.91. The predicted molar refractivity (Wildman–Crippen MR) is 67.9 cm³/mol. The summed E-state index contributed by atoms with van der Waals surface area (Å²) in [6, 6.07) is 11.6. The van der Waals surface area contributed by atoms with E-state index in [0.29, 0.717) is 0 Å². The Morgan fingerprint density at radius 1 is 1.50 bits per heavy atom. The SMILES string of the molecule is CC1CCCN(Cc2[c-]cccc2)C1.[Zn+][Br]. The van der Waals surface area contributed by atoms with Crippen LogP contribution in [0.4, 0.5) is 0 Å². The van der Waals surface area contributed by atoms with E-state index in [2.05, 4.69) is 43.6 Å². The van der Waals surface area contributed by atoms with Gasteiger partial charge in [-0.25, -0.2) is 0 Å². The monoisotopic (exact) mass is 331 g/mol. The van der Waals surface area contributed by atoms with Gasteiger partial charge >= 0.3 is 30.0 Å². The quantitative estimate of drug-likeness (QED) is 0.591. The van der Waals surface area contributed by atoms with Gasteiger partial charge in [-0.15, -0.1) is 5.56 Å². The summed E-state index contributed by atoms with van der Waals surface area (Å²) in [5, 5.41) is 0. The molecule has 1 aliphatic rings. The van der Waals surface area contributed by atoms with Crippen LogP contribution in [-0.2, 0) is 22.9 Å². The van der Waals surface area contributed by atoms with Crippen LogP contribution in [0.2, 0.25) is 0 Å². The zero-order valence-corrected chi connectivity index (χ0v) is 14.5. The number of halogens is 1. The Labute approximate surface area is 116 Å². The van der Waals surface area contributed by atoms with Crippen LogP contribution in [0.15, 0.2) is 24.3 Å². The van der Waals surface area contributed by atoms with Crippen molar-refractivity contribution in [1.82, 2.24) is 4.90 Å². The van der Waals surface area contributed by atoms with Crippen LogP contribution in [-0.4, -0.2) is 18.0 Å². The van der Waals surface area contributed by atoms with Crippen LogP contribution in [0.1, 0.15) is 25.3 Å². The van der Waals surface area contributed by atoms with Gasteiger partial charge in [0.15, 0.2) is 0 Å². The molecular formula is C13H18BrNZn. The molecule has 0 amide bonds. The standard InChI is InChI=1S/C13H18N.BrH.Zn/c1-12-6-5-9-14(10-12)11-13-7-3-2-4-8-13;;/h2-4,7,12H,5-6,9-11H2,1H3;1H;/q-1;;+2/p-1. The normalized spacial score (nSPS) is 21.1. The number of nitrogens with zero attached hydrogens (tertiary/aromatic N) is 1. The first-order valence-electron chi connectivity index (χ1n) is 5.79. The van der Waals surface area contributed by atoms with Gasteiger partial charge in [0.05, 0.1) is 0 Å². The molecule has 0 N–H and O–H groups in total. The molecule has 0 radical (unpaired) electrons. The van der Waals surface area contributed by atoms with Gasteiger partial charge in [-0.2, -0.15) is 30.3 Å². The number of benzene rings is 1. The van der Waals surface area contributed by atoms with E-state index < -0.39 is 0 Å². The van der Waals surface area contributed by atoms with Crippen molar-refractivity contribution in [3.05, 3.63) is 35.9 Å². The summed E-state index contributed by atoms with van der Waals surface area (Å²) < 4.78 is 0. The van der Waals surface area contributed by atoms with Gasteiger partial charge in [-0.05, 0) is 25.3 Å². The summed E-state index contributed by atoms with van der Waals surface area (Å²) in [4.78, 5) is 2.54. The molecule has 0 aliphatic carbocycles. The third kappa shape index (κ3) is 5.08. The molecule has 16 heavy (non-hydrogen) atoms. The summed E-state index contributed by atoms with van der Waals surface area (Å²) in [6.07, 6.45) is 2.75. The molecule has 1 heterocycles. The van der Waals surface area contributed by atoms with Crippen molar-refractivity contribution in [3.8, 4) is 0 Å². The van der Waals surface area contributed by atoms with Crippen molar-refractivity contribution in [1.29, 1.82) is 0 Å². The summed E-state index contributed by atoms with van der Waals surface area (Å²) in [5.41, 5.74) is 1.32. The molecular weight excluding hydrogens is 315 g/mol. The molecule has 1 aromatic rings. The second kappa shape index (κ2) is 8.39. The van der Waals surface area contributed by atoms with E-state index in [0.717, 1.165) is 12.5 Å². The minimum atomic E-state index is 0.868. The van der Waals surface area contributed by atoms with Crippen molar-refractivity contribution in [2.45, 2.75) is 26.3 Å². The summed E-state index contributed by atoms with van der Waals surface area (Å²) in [5.74, 6) is 0.868. The van der Waals surface area contributed by atoms with Crippen LogP contribution in [0.3, 0.4) is 0 Å². The Hall–Kier alpha value is 0.283. The molecule has 3 heteroatoms. The molecule has 0 bridgehead atoms. The molecule has 1 aromatic carbocycles. The fourth-order valence-corrected chi connectivity index (χ4v) is 2.20. The van der Waals surface area contributed by atoms with E-state index in [4.69, 9.17) is 0 Å². The van der Waals surface area contributed by atoms with E-state index in [1.54, 1.807) is 0 Å². The molecule has 1 nitrogen and oxygen atoms in total. The van der Waals surface area contributed by atoms with Gasteiger partial charge in [-0.3, -0.25) is 0 Å². The number of likely N-dealkylation sites (tertiary alicyclic amines) is 1. The van der Waals surface area contributed by atoms with Gasteiger partial charge in [0.1, 0.15) is 0 Å². The summed E-state index contributed by atoms with van der Waals surface area (Å²) in [6.45, 7) is 5.93. The molecule has 1 saturated heterocycles. The van der Waals surface area contributed by atoms with Crippen molar-refractivity contribution in [2.24, 2.45) is 5.92 Å². The van der Waals surface area contributed by atoms with Gasteiger partial charge in [0, 0.05) is 13.1 Å². The van der Waals surface area contributed by atoms with E-state index in [1.807, 2.05) is 12.1 Å².